The van der Waals surface area contributed by atoms with Gasteiger partial charge in [-0.3, -0.25) is 4.79 Å². The van der Waals surface area contributed by atoms with E-state index < -0.39 is 0 Å². The summed E-state index contributed by atoms with van der Waals surface area (Å²) in [6.45, 7) is 5.83. The number of halogens is 1. The van der Waals surface area contributed by atoms with Crippen molar-refractivity contribution < 1.29 is 36.4 Å². The fourth-order valence-electron chi connectivity index (χ4n) is 3.48. The second-order valence-corrected chi connectivity index (χ2v) is 6.82. The van der Waals surface area contributed by atoms with Crippen LogP contribution in [0.4, 0.5) is 0 Å². The van der Waals surface area contributed by atoms with Crippen molar-refractivity contribution in [3.8, 4) is 5.75 Å². The van der Waals surface area contributed by atoms with E-state index in [9.17, 15) is 9.90 Å². The highest BCUT2D eigenvalue weighted by molar-refractivity contribution is 6.16. The lowest BCUT2D eigenvalue weighted by atomic mass is 9.98. The minimum atomic E-state index is -0.0902. The van der Waals surface area contributed by atoms with Gasteiger partial charge in [-0.15, -0.1) is 0 Å². The van der Waals surface area contributed by atoms with Gasteiger partial charge in [0.2, 0.25) is 0 Å². The van der Waals surface area contributed by atoms with E-state index in [0.717, 1.165) is 29.6 Å². The first kappa shape index (κ1) is 19.4. The van der Waals surface area contributed by atoms with Gasteiger partial charge in [0.25, 0.3) is 0 Å². The number of carbonyl (C=O) groups excluding carboxylic acids is 1. The third-order valence-corrected chi connectivity index (χ3v) is 5.01. The molecule has 0 bridgehead atoms. The summed E-state index contributed by atoms with van der Waals surface area (Å²) >= 11 is 0. The smallest absolute Gasteiger partial charge is 0.196 e. The first-order valence-corrected chi connectivity index (χ1v) is 8.88. The van der Waals surface area contributed by atoms with Crippen LogP contribution in [0.25, 0.3) is 11.0 Å². The third-order valence-electron chi connectivity index (χ3n) is 5.01. The first-order chi connectivity index (χ1) is 12.6. The fourth-order valence-corrected chi connectivity index (χ4v) is 3.48. The standard InChI is InChI=1S/C21H21NO4.ClH/c1-14-2-4-15(5-3-14)21(24)17-13-26-19-7-6-18(23)16(20(17)19)12-22-8-10-25-11-9-22;/h2-7,13,23H,8-12H2,1H3;1H. The Morgan fingerprint density at radius 3 is 2.52 bits per heavy atom. The number of quaternary nitrogens is 1. The molecular weight excluding hydrogens is 366 g/mol. The van der Waals surface area contributed by atoms with Crippen LogP contribution in [-0.2, 0) is 11.3 Å². The Bertz CT molecular complexity index is 943. The van der Waals surface area contributed by atoms with Crippen LogP contribution in [0.15, 0.2) is 47.1 Å². The van der Waals surface area contributed by atoms with Crippen molar-refractivity contribution >= 4 is 16.8 Å². The van der Waals surface area contributed by atoms with Crippen LogP contribution < -0.4 is 17.3 Å². The maximum Gasteiger partial charge on any atom is 0.196 e. The van der Waals surface area contributed by atoms with E-state index in [0.29, 0.717) is 36.5 Å². The highest BCUT2D eigenvalue weighted by Crippen LogP contribution is 2.32. The first-order valence-electron chi connectivity index (χ1n) is 8.88. The van der Waals surface area contributed by atoms with E-state index in [2.05, 4.69) is 0 Å². The normalized spacial score (nSPS) is 14.9. The summed E-state index contributed by atoms with van der Waals surface area (Å²) in [6, 6.07) is 10.9. The Hall–Kier alpha value is -2.34. The number of ether oxygens (including phenoxy) is 1. The number of aryl methyl sites for hydroxylation is 1. The number of ketones is 1. The second kappa shape index (κ2) is 8.13. The zero-order valence-corrected chi connectivity index (χ0v) is 15.9. The summed E-state index contributed by atoms with van der Waals surface area (Å²) in [4.78, 5) is 14.3. The molecule has 0 unspecified atom stereocenters. The molecule has 1 saturated heterocycles. The summed E-state index contributed by atoms with van der Waals surface area (Å²) in [5.74, 6) is 0.114. The van der Waals surface area contributed by atoms with Gasteiger partial charge >= 0.3 is 0 Å². The number of phenolic OH excluding ortho intramolecular Hbond substituents is 1. The Balaban J connectivity index is 0.00000210. The Morgan fingerprint density at radius 1 is 1.11 bits per heavy atom. The molecule has 1 aliphatic heterocycles. The molecule has 6 heteroatoms. The van der Waals surface area contributed by atoms with Crippen molar-refractivity contribution in [1.29, 1.82) is 0 Å². The SMILES string of the molecule is Cc1ccc(C(=O)c2coc3ccc(O)c(C[NH+]4CCOCC4)c23)cc1.[Cl-]. The molecule has 1 aliphatic rings. The van der Waals surface area contributed by atoms with Crippen molar-refractivity contribution in [3.63, 3.8) is 0 Å². The molecule has 2 heterocycles. The van der Waals surface area contributed by atoms with Gasteiger partial charge in [-0.25, -0.2) is 0 Å². The molecule has 0 atom stereocenters. The Kier molecular flexibility index (Phi) is 5.85. The molecule has 0 radical (unpaired) electrons. The second-order valence-electron chi connectivity index (χ2n) is 6.82. The number of fused-ring (bicyclic) bond motifs is 1. The molecule has 3 aromatic rings. The molecule has 0 saturated carbocycles. The number of furan rings is 1. The summed E-state index contributed by atoms with van der Waals surface area (Å²) in [6.07, 6.45) is 1.50. The third kappa shape index (κ3) is 3.86. The molecule has 5 nitrogen and oxygen atoms in total. The molecule has 2 aromatic carbocycles. The van der Waals surface area contributed by atoms with Gasteiger partial charge in [-0.1, -0.05) is 29.8 Å². The minimum absolute atomic E-state index is 0. The molecular formula is C21H22ClNO4. The van der Waals surface area contributed by atoms with E-state index in [4.69, 9.17) is 9.15 Å². The lowest BCUT2D eigenvalue weighted by molar-refractivity contribution is -0.921. The van der Waals surface area contributed by atoms with E-state index in [1.165, 1.54) is 11.2 Å². The lowest BCUT2D eigenvalue weighted by Crippen LogP contribution is -3.12. The fraction of sp³-hybridized carbons (Fsp3) is 0.286. The molecule has 0 amide bonds. The molecule has 142 valence electrons. The lowest BCUT2D eigenvalue weighted by Gasteiger charge is -2.24. The van der Waals surface area contributed by atoms with Gasteiger partial charge < -0.3 is 31.6 Å². The minimum Gasteiger partial charge on any atom is -1.00 e. The van der Waals surface area contributed by atoms with E-state index in [1.807, 2.05) is 31.2 Å². The summed E-state index contributed by atoms with van der Waals surface area (Å²) in [5.41, 5.74) is 3.62. The monoisotopic (exact) mass is 387 g/mol. The summed E-state index contributed by atoms with van der Waals surface area (Å²) in [5, 5.41) is 11.2. The van der Waals surface area contributed by atoms with Gasteiger partial charge in [0, 0.05) is 10.9 Å². The van der Waals surface area contributed by atoms with Crippen molar-refractivity contribution in [1.82, 2.24) is 0 Å². The van der Waals surface area contributed by atoms with Crippen molar-refractivity contribution in [2.24, 2.45) is 0 Å². The summed E-state index contributed by atoms with van der Waals surface area (Å²) in [7, 11) is 0. The molecule has 4 rings (SSSR count). The van der Waals surface area contributed by atoms with Gasteiger partial charge in [0.05, 0.1) is 24.3 Å². The van der Waals surface area contributed by atoms with Crippen LogP contribution >= 0.6 is 0 Å². The number of carbonyl (C=O) groups is 1. The average Bonchev–Trinajstić information content (AvgIpc) is 3.09. The maximum atomic E-state index is 13.0. The van der Waals surface area contributed by atoms with Crippen molar-refractivity contribution in [2.45, 2.75) is 13.5 Å². The van der Waals surface area contributed by atoms with Crippen LogP contribution in [0.3, 0.4) is 0 Å². The quantitative estimate of drug-likeness (QED) is 0.569. The summed E-state index contributed by atoms with van der Waals surface area (Å²) < 4.78 is 11.0. The number of nitrogens with one attached hydrogen (secondary N) is 1. The Labute approximate surface area is 163 Å². The van der Waals surface area contributed by atoms with E-state index in [1.54, 1.807) is 12.1 Å². The van der Waals surface area contributed by atoms with Crippen LogP contribution in [0.5, 0.6) is 5.75 Å². The van der Waals surface area contributed by atoms with E-state index >= 15 is 0 Å². The topological polar surface area (TPSA) is 64.1 Å². The maximum absolute atomic E-state index is 13.0. The largest absolute Gasteiger partial charge is 1.00 e. The zero-order valence-electron chi connectivity index (χ0n) is 15.1. The van der Waals surface area contributed by atoms with Crippen LogP contribution in [0, 0.1) is 6.92 Å². The van der Waals surface area contributed by atoms with Gasteiger partial charge in [-0.2, -0.15) is 0 Å². The molecule has 27 heavy (non-hydrogen) atoms. The van der Waals surface area contributed by atoms with Crippen LogP contribution in [0.2, 0.25) is 0 Å². The molecule has 1 fully saturated rings. The number of hydrogen-bond acceptors (Lipinski definition) is 4. The predicted octanol–water partition coefficient (Wildman–Crippen LogP) is -0.903. The average molecular weight is 388 g/mol. The van der Waals surface area contributed by atoms with Gasteiger partial charge in [0.1, 0.15) is 37.2 Å². The Morgan fingerprint density at radius 2 is 1.81 bits per heavy atom. The molecule has 0 spiro atoms. The molecule has 1 aromatic heterocycles. The van der Waals surface area contributed by atoms with Crippen LogP contribution in [0.1, 0.15) is 27.0 Å². The van der Waals surface area contributed by atoms with Gasteiger partial charge in [-0.05, 0) is 19.1 Å². The van der Waals surface area contributed by atoms with Crippen molar-refractivity contribution in [2.75, 3.05) is 26.3 Å². The molecule has 0 aliphatic carbocycles. The van der Waals surface area contributed by atoms with Gasteiger partial charge in [0.15, 0.2) is 5.78 Å². The number of aromatic hydroxyl groups is 1. The highest BCUT2D eigenvalue weighted by Gasteiger charge is 2.24. The number of hydrogen-bond donors (Lipinski definition) is 2. The number of phenols is 1. The number of morpholine rings is 1. The van der Waals surface area contributed by atoms with Crippen molar-refractivity contribution in [3.05, 3.63) is 64.9 Å². The van der Waals surface area contributed by atoms with E-state index in [-0.39, 0.29) is 23.9 Å². The zero-order chi connectivity index (χ0) is 18.1. The molecule has 2 N–H and O–H groups in total. The van der Waals surface area contributed by atoms with Crippen LogP contribution in [-0.4, -0.2) is 37.2 Å². The number of benzene rings is 2. The highest BCUT2D eigenvalue weighted by atomic mass is 35.5. The number of rotatable bonds is 4. The predicted molar refractivity (Wildman–Crippen MR) is 97.7 cm³/mol.